The maximum absolute atomic E-state index is 13.6. The van der Waals surface area contributed by atoms with Crippen molar-refractivity contribution in [3.63, 3.8) is 0 Å². The minimum atomic E-state index is -0.303. The number of thiophene rings is 1. The number of amides is 2. The summed E-state index contributed by atoms with van der Waals surface area (Å²) in [7, 11) is 0. The molecule has 6 heteroatoms. The van der Waals surface area contributed by atoms with Gasteiger partial charge in [-0.25, -0.2) is 4.39 Å². The number of nitrogens with zero attached hydrogens (tertiary/aromatic N) is 2. The van der Waals surface area contributed by atoms with Crippen LogP contribution in [0.5, 0.6) is 0 Å². The van der Waals surface area contributed by atoms with E-state index >= 15 is 0 Å². The van der Waals surface area contributed by atoms with Gasteiger partial charge in [0.05, 0.1) is 6.04 Å². The van der Waals surface area contributed by atoms with Crippen LogP contribution in [0.3, 0.4) is 0 Å². The monoisotopic (exact) mass is 462 g/mol. The third kappa shape index (κ3) is 5.40. The van der Waals surface area contributed by atoms with E-state index in [1.807, 2.05) is 53.6 Å². The topological polar surface area (TPSA) is 40.6 Å². The molecule has 0 saturated carbocycles. The number of fused-ring (bicyclic) bond motifs is 1. The van der Waals surface area contributed by atoms with Crippen molar-refractivity contribution in [2.24, 2.45) is 0 Å². The first-order valence-corrected chi connectivity index (χ1v) is 12.1. The second kappa shape index (κ2) is 10.6. The molecule has 2 amide bonds. The molecular weight excluding hydrogens is 435 g/mol. The highest BCUT2D eigenvalue weighted by atomic mass is 32.1. The minimum Gasteiger partial charge on any atom is -0.330 e. The number of rotatable bonds is 7. The van der Waals surface area contributed by atoms with Gasteiger partial charge in [-0.05, 0) is 59.2 Å². The van der Waals surface area contributed by atoms with Crippen LogP contribution in [-0.2, 0) is 16.0 Å². The Hall–Kier alpha value is -3.25. The Morgan fingerprint density at radius 1 is 1.12 bits per heavy atom. The summed E-state index contributed by atoms with van der Waals surface area (Å²) < 4.78 is 13.6. The van der Waals surface area contributed by atoms with Gasteiger partial charge in [0.15, 0.2) is 0 Å². The molecule has 170 valence electrons. The Labute approximate surface area is 198 Å². The predicted octanol–water partition coefficient (Wildman–Crippen LogP) is 5.31. The van der Waals surface area contributed by atoms with E-state index in [0.29, 0.717) is 13.1 Å². The zero-order valence-electron chi connectivity index (χ0n) is 18.6. The Balaban J connectivity index is 1.54. The first-order chi connectivity index (χ1) is 16.1. The lowest BCUT2D eigenvalue weighted by molar-refractivity contribution is -0.139. The van der Waals surface area contributed by atoms with Crippen LogP contribution >= 0.6 is 11.3 Å². The van der Waals surface area contributed by atoms with Gasteiger partial charge in [-0.3, -0.25) is 9.59 Å². The summed E-state index contributed by atoms with van der Waals surface area (Å²) in [5, 5.41) is 2.04. The molecule has 33 heavy (non-hydrogen) atoms. The van der Waals surface area contributed by atoms with E-state index in [0.717, 1.165) is 29.5 Å². The number of carbonyl (C=O) groups is 2. The number of hydrogen-bond donors (Lipinski definition) is 0. The molecule has 1 aromatic heterocycles. The second-order valence-corrected chi connectivity index (χ2v) is 9.09. The van der Waals surface area contributed by atoms with E-state index in [2.05, 4.69) is 0 Å². The fraction of sp³-hybridized carbons (Fsp3) is 0.259. The van der Waals surface area contributed by atoms with E-state index in [4.69, 9.17) is 0 Å². The third-order valence-corrected chi connectivity index (χ3v) is 6.82. The van der Waals surface area contributed by atoms with Crippen LogP contribution in [0, 0.1) is 5.82 Å². The fourth-order valence-electron chi connectivity index (χ4n) is 4.22. The molecule has 1 aliphatic rings. The molecule has 2 heterocycles. The van der Waals surface area contributed by atoms with Crippen LogP contribution in [-0.4, -0.2) is 41.2 Å². The first-order valence-electron chi connectivity index (χ1n) is 11.2. The molecule has 0 aliphatic carbocycles. The minimum absolute atomic E-state index is 0.0168. The Morgan fingerprint density at radius 3 is 2.61 bits per heavy atom. The van der Waals surface area contributed by atoms with Gasteiger partial charge in [0, 0.05) is 24.0 Å². The van der Waals surface area contributed by atoms with Crippen molar-refractivity contribution in [2.75, 3.05) is 19.6 Å². The molecule has 0 fully saturated rings. The summed E-state index contributed by atoms with van der Waals surface area (Å²) >= 11 is 1.69. The normalized spacial score (nSPS) is 15.5. The van der Waals surface area contributed by atoms with Gasteiger partial charge < -0.3 is 9.80 Å². The van der Waals surface area contributed by atoms with E-state index in [1.54, 1.807) is 34.4 Å². The predicted molar refractivity (Wildman–Crippen MR) is 130 cm³/mol. The third-order valence-electron chi connectivity index (χ3n) is 5.82. The summed E-state index contributed by atoms with van der Waals surface area (Å²) in [6, 6.07) is 17.7. The van der Waals surface area contributed by atoms with Gasteiger partial charge in [-0.1, -0.05) is 49.4 Å². The van der Waals surface area contributed by atoms with E-state index in [1.165, 1.54) is 23.1 Å². The molecule has 0 bridgehead atoms. The molecule has 3 aromatic rings. The van der Waals surface area contributed by atoms with E-state index < -0.39 is 0 Å². The smallest absolute Gasteiger partial charge is 0.247 e. The van der Waals surface area contributed by atoms with Crippen molar-refractivity contribution < 1.29 is 14.0 Å². The average Bonchev–Trinajstić information content (AvgIpc) is 3.32. The SMILES string of the molecule is CCCN(CC(=O)N1CCc2sccc2C1c1ccc(F)cc1)C(=O)C=Cc1ccccc1. The molecule has 4 rings (SSSR count). The molecule has 4 nitrogen and oxygen atoms in total. The van der Waals surface area contributed by atoms with Gasteiger partial charge in [-0.15, -0.1) is 11.3 Å². The van der Waals surface area contributed by atoms with Gasteiger partial charge in [0.2, 0.25) is 11.8 Å². The molecule has 1 aliphatic heterocycles. The lowest BCUT2D eigenvalue weighted by Crippen LogP contribution is -2.46. The summed E-state index contributed by atoms with van der Waals surface area (Å²) in [4.78, 5) is 31.1. The highest BCUT2D eigenvalue weighted by Crippen LogP contribution is 2.37. The maximum Gasteiger partial charge on any atom is 0.247 e. The number of hydrogen-bond acceptors (Lipinski definition) is 3. The van der Waals surface area contributed by atoms with Crippen molar-refractivity contribution in [3.05, 3.63) is 99.5 Å². The molecule has 0 N–H and O–H groups in total. The maximum atomic E-state index is 13.6. The van der Waals surface area contributed by atoms with E-state index in [-0.39, 0.29) is 30.2 Å². The molecule has 1 unspecified atom stereocenters. The van der Waals surface area contributed by atoms with Crippen LogP contribution < -0.4 is 0 Å². The Kier molecular flexibility index (Phi) is 7.35. The molecule has 1 atom stereocenters. The van der Waals surface area contributed by atoms with Gasteiger partial charge in [0.1, 0.15) is 12.4 Å². The fourth-order valence-corrected chi connectivity index (χ4v) is 5.12. The Bertz CT molecular complexity index is 1120. The van der Waals surface area contributed by atoms with Gasteiger partial charge in [-0.2, -0.15) is 0 Å². The lowest BCUT2D eigenvalue weighted by Gasteiger charge is -2.37. The van der Waals surface area contributed by atoms with Gasteiger partial charge in [0.25, 0.3) is 0 Å². The zero-order chi connectivity index (χ0) is 23.2. The quantitative estimate of drug-likeness (QED) is 0.446. The first kappa shape index (κ1) is 22.9. The van der Waals surface area contributed by atoms with E-state index in [9.17, 15) is 14.0 Å². The van der Waals surface area contributed by atoms with Crippen molar-refractivity contribution in [1.82, 2.24) is 9.80 Å². The Morgan fingerprint density at radius 2 is 1.88 bits per heavy atom. The molecule has 0 saturated heterocycles. The molecule has 2 aromatic carbocycles. The molecule has 0 spiro atoms. The second-order valence-electron chi connectivity index (χ2n) is 8.09. The number of carbonyl (C=O) groups excluding carboxylic acids is 2. The zero-order valence-corrected chi connectivity index (χ0v) is 19.4. The summed E-state index contributed by atoms with van der Waals surface area (Å²) in [6.07, 6.45) is 4.85. The highest BCUT2D eigenvalue weighted by molar-refractivity contribution is 7.10. The summed E-state index contributed by atoms with van der Waals surface area (Å²) in [5.74, 6) is -0.584. The largest absolute Gasteiger partial charge is 0.330 e. The lowest BCUT2D eigenvalue weighted by atomic mass is 9.93. The van der Waals surface area contributed by atoms with Crippen molar-refractivity contribution in [3.8, 4) is 0 Å². The number of halogens is 1. The highest BCUT2D eigenvalue weighted by Gasteiger charge is 2.33. The van der Waals surface area contributed by atoms with Crippen molar-refractivity contribution in [2.45, 2.75) is 25.8 Å². The van der Waals surface area contributed by atoms with Crippen molar-refractivity contribution in [1.29, 1.82) is 0 Å². The van der Waals surface area contributed by atoms with Crippen molar-refractivity contribution >= 4 is 29.2 Å². The van der Waals surface area contributed by atoms with Crippen LogP contribution in [0.25, 0.3) is 6.08 Å². The van der Waals surface area contributed by atoms with Crippen LogP contribution in [0.2, 0.25) is 0 Å². The standard InChI is InChI=1S/C27H27FN2O2S/c1-2-16-29(25(31)13-8-20-6-4-3-5-7-20)19-26(32)30-17-14-24-23(15-18-33-24)27(30)21-9-11-22(28)12-10-21/h3-13,15,18,27H,2,14,16-17,19H2,1H3. The summed E-state index contributed by atoms with van der Waals surface area (Å²) in [5.41, 5.74) is 2.90. The van der Waals surface area contributed by atoms with Crippen LogP contribution in [0.1, 0.15) is 41.0 Å². The molecular formula is C27H27FN2O2S. The molecule has 0 radical (unpaired) electrons. The van der Waals surface area contributed by atoms with Crippen LogP contribution in [0.4, 0.5) is 4.39 Å². The summed E-state index contributed by atoms with van der Waals surface area (Å²) in [6.45, 7) is 3.08. The number of benzene rings is 2. The van der Waals surface area contributed by atoms with Crippen LogP contribution in [0.15, 0.2) is 72.1 Å². The van der Waals surface area contributed by atoms with Gasteiger partial charge >= 0.3 is 0 Å². The average molecular weight is 463 g/mol.